The molecule has 0 atom stereocenters. The number of aromatic nitrogens is 2. The molecule has 0 spiro atoms. The average Bonchev–Trinajstić information content (AvgIpc) is 2.71. The first-order valence-corrected chi connectivity index (χ1v) is 9.84. The largest absolute Gasteiger partial charge is 0.340 e. The number of piperazine rings is 1. The zero-order valence-electron chi connectivity index (χ0n) is 16.6. The van der Waals surface area contributed by atoms with Gasteiger partial charge in [-0.2, -0.15) is 0 Å². The molecule has 3 aromatic rings. The molecule has 0 amide bonds. The van der Waals surface area contributed by atoms with Crippen molar-refractivity contribution >= 4 is 11.5 Å². The van der Waals surface area contributed by atoms with Gasteiger partial charge in [0, 0.05) is 50.0 Å². The standard InChI is InChI=1S/C23H27N5/c1-18-24-22(20-6-4-3-5-7-20)16-23(25-18)26-21-10-8-19(9-11-21)17-28-14-12-27(2)13-15-28/h3-11,16H,12-15,17H2,1-2H3,(H,24,25,26). The van der Waals surface area contributed by atoms with Crippen molar-refractivity contribution in [2.45, 2.75) is 13.5 Å². The van der Waals surface area contributed by atoms with Crippen LogP contribution in [0, 0.1) is 6.92 Å². The minimum Gasteiger partial charge on any atom is -0.340 e. The van der Waals surface area contributed by atoms with Crippen LogP contribution in [0.2, 0.25) is 0 Å². The molecule has 1 aliphatic rings. The van der Waals surface area contributed by atoms with E-state index in [0.717, 1.165) is 61.3 Å². The summed E-state index contributed by atoms with van der Waals surface area (Å²) in [6, 6.07) is 20.9. The van der Waals surface area contributed by atoms with Gasteiger partial charge in [-0.15, -0.1) is 0 Å². The van der Waals surface area contributed by atoms with Crippen LogP contribution in [-0.2, 0) is 6.54 Å². The summed E-state index contributed by atoms with van der Waals surface area (Å²) < 4.78 is 0. The molecular weight excluding hydrogens is 346 g/mol. The minimum atomic E-state index is 0.760. The van der Waals surface area contributed by atoms with Gasteiger partial charge >= 0.3 is 0 Å². The van der Waals surface area contributed by atoms with Crippen molar-refractivity contribution in [1.82, 2.24) is 19.8 Å². The van der Waals surface area contributed by atoms with Gasteiger partial charge in [-0.25, -0.2) is 9.97 Å². The normalized spacial score (nSPS) is 15.5. The maximum absolute atomic E-state index is 4.57. The molecule has 28 heavy (non-hydrogen) atoms. The number of hydrogen-bond acceptors (Lipinski definition) is 5. The molecule has 5 nitrogen and oxygen atoms in total. The summed E-state index contributed by atoms with van der Waals surface area (Å²) >= 11 is 0. The van der Waals surface area contributed by atoms with Crippen LogP contribution >= 0.6 is 0 Å². The van der Waals surface area contributed by atoms with E-state index in [1.165, 1.54) is 5.56 Å². The first-order chi connectivity index (χ1) is 13.7. The Morgan fingerprint density at radius 3 is 2.32 bits per heavy atom. The first kappa shape index (κ1) is 18.6. The molecule has 1 aromatic heterocycles. The molecular formula is C23H27N5. The maximum atomic E-state index is 4.57. The van der Waals surface area contributed by atoms with Gasteiger partial charge in [-0.05, 0) is 31.7 Å². The van der Waals surface area contributed by atoms with Gasteiger partial charge in [-0.1, -0.05) is 42.5 Å². The second-order valence-corrected chi connectivity index (χ2v) is 7.45. The van der Waals surface area contributed by atoms with E-state index >= 15 is 0 Å². The Morgan fingerprint density at radius 1 is 0.893 bits per heavy atom. The maximum Gasteiger partial charge on any atom is 0.134 e. The molecule has 1 saturated heterocycles. The fraction of sp³-hybridized carbons (Fsp3) is 0.304. The summed E-state index contributed by atoms with van der Waals surface area (Å²) in [5.74, 6) is 1.58. The third-order valence-electron chi connectivity index (χ3n) is 5.14. The van der Waals surface area contributed by atoms with Crippen molar-refractivity contribution in [3.05, 3.63) is 72.1 Å². The lowest BCUT2D eigenvalue weighted by atomic mass is 10.1. The Hall–Kier alpha value is -2.76. The molecule has 2 heterocycles. The number of benzene rings is 2. The van der Waals surface area contributed by atoms with E-state index in [4.69, 9.17) is 0 Å². The van der Waals surface area contributed by atoms with E-state index < -0.39 is 0 Å². The van der Waals surface area contributed by atoms with Gasteiger partial charge in [0.2, 0.25) is 0 Å². The molecule has 2 aromatic carbocycles. The van der Waals surface area contributed by atoms with Crippen LogP contribution in [0.5, 0.6) is 0 Å². The molecule has 5 heteroatoms. The van der Waals surface area contributed by atoms with Crippen LogP contribution in [-0.4, -0.2) is 53.0 Å². The van der Waals surface area contributed by atoms with Gasteiger partial charge in [0.1, 0.15) is 11.6 Å². The Labute approximate surface area is 167 Å². The smallest absolute Gasteiger partial charge is 0.134 e. The predicted molar refractivity (Wildman–Crippen MR) is 115 cm³/mol. The summed E-state index contributed by atoms with van der Waals surface area (Å²) in [7, 11) is 2.19. The highest BCUT2D eigenvalue weighted by molar-refractivity contribution is 5.65. The van der Waals surface area contributed by atoms with Crippen LogP contribution in [0.1, 0.15) is 11.4 Å². The summed E-state index contributed by atoms with van der Waals surface area (Å²) in [6.07, 6.45) is 0. The van der Waals surface area contributed by atoms with E-state index in [0.29, 0.717) is 0 Å². The molecule has 0 bridgehead atoms. The zero-order chi connectivity index (χ0) is 19.3. The van der Waals surface area contributed by atoms with Crippen molar-refractivity contribution in [2.75, 3.05) is 38.5 Å². The Bertz CT molecular complexity index is 900. The molecule has 4 rings (SSSR count). The molecule has 0 radical (unpaired) electrons. The van der Waals surface area contributed by atoms with Crippen molar-refractivity contribution < 1.29 is 0 Å². The Kier molecular flexibility index (Phi) is 5.65. The van der Waals surface area contributed by atoms with Crippen molar-refractivity contribution in [1.29, 1.82) is 0 Å². The van der Waals surface area contributed by atoms with E-state index in [2.05, 4.69) is 68.5 Å². The van der Waals surface area contributed by atoms with Crippen molar-refractivity contribution in [3.8, 4) is 11.3 Å². The highest BCUT2D eigenvalue weighted by Crippen LogP contribution is 2.22. The van der Waals surface area contributed by atoms with Crippen LogP contribution in [0.4, 0.5) is 11.5 Å². The fourth-order valence-corrected chi connectivity index (χ4v) is 3.49. The number of likely N-dealkylation sites (N-methyl/N-ethyl adjacent to an activating group) is 1. The number of hydrogen-bond donors (Lipinski definition) is 1. The van der Waals surface area contributed by atoms with E-state index in [1.807, 2.05) is 31.2 Å². The Balaban J connectivity index is 1.44. The monoisotopic (exact) mass is 373 g/mol. The molecule has 0 aliphatic carbocycles. The quantitative estimate of drug-likeness (QED) is 0.734. The first-order valence-electron chi connectivity index (χ1n) is 9.84. The van der Waals surface area contributed by atoms with Gasteiger partial charge in [0.15, 0.2) is 0 Å². The van der Waals surface area contributed by atoms with Crippen molar-refractivity contribution in [3.63, 3.8) is 0 Å². The van der Waals surface area contributed by atoms with Gasteiger partial charge in [0.25, 0.3) is 0 Å². The van der Waals surface area contributed by atoms with E-state index in [1.54, 1.807) is 0 Å². The zero-order valence-corrected chi connectivity index (χ0v) is 16.6. The fourth-order valence-electron chi connectivity index (χ4n) is 3.49. The van der Waals surface area contributed by atoms with E-state index in [9.17, 15) is 0 Å². The summed E-state index contributed by atoms with van der Waals surface area (Å²) in [5.41, 5.74) is 4.42. The van der Waals surface area contributed by atoms with Gasteiger partial charge in [-0.3, -0.25) is 4.90 Å². The molecule has 1 N–H and O–H groups in total. The summed E-state index contributed by atoms with van der Waals surface area (Å²) in [5, 5.41) is 3.42. The predicted octanol–water partition coefficient (Wildman–Crippen LogP) is 3.94. The van der Waals surface area contributed by atoms with Crippen LogP contribution in [0.25, 0.3) is 11.3 Å². The Morgan fingerprint density at radius 2 is 1.61 bits per heavy atom. The van der Waals surface area contributed by atoms with Crippen molar-refractivity contribution in [2.24, 2.45) is 0 Å². The third-order valence-corrected chi connectivity index (χ3v) is 5.14. The summed E-state index contributed by atoms with van der Waals surface area (Å²) in [6.45, 7) is 7.51. The number of nitrogens with one attached hydrogen (secondary N) is 1. The number of anilines is 2. The molecule has 1 aliphatic heterocycles. The lowest BCUT2D eigenvalue weighted by Crippen LogP contribution is -2.43. The van der Waals surface area contributed by atoms with Gasteiger partial charge in [0.05, 0.1) is 5.69 Å². The number of nitrogens with zero attached hydrogens (tertiary/aromatic N) is 4. The van der Waals surface area contributed by atoms with E-state index in [-0.39, 0.29) is 0 Å². The highest BCUT2D eigenvalue weighted by atomic mass is 15.2. The third kappa shape index (κ3) is 4.74. The average molecular weight is 374 g/mol. The minimum absolute atomic E-state index is 0.760. The molecule has 0 unspecified atom stereocenters. The second kappa shape index (κ2) is 8.50. The highest BCUT2D eigenvalue weighted by Gasteiger charge is 2.13. The second-order valence-electron chi connectivity index (χ2n) is 7.45. The topological polar surface area (TPSA) is 44.3 Å². The molecule has 1 fully saturated rings. The lowest BCUT2D eigenvalue weighted by molar-refractivity contribution is 0.148. The SMILES string of the molecule is Cc1nc(Nc2ccc(CN3CCN(C)CC3)cc2)cc(-c2ccccc2)n1. The molecule has 0 saturated carbocycles. The van der Waals surface area contributed by atoms with Crippen LogP contribution in [0.3, 0.4) is 0 Å². The molecule has 144 valence electrons. The van der Waals surface area contributed by atoms with Crippen LogP contribution in [0.15, 0.2) is 60.7 Å². The lowest BCUT2D eigenvalue weighted by Gasteiger charge is -2.32. The van der Waals surface area contributed by atoms with Gasteiger partial charge < -0.3 is 10.2 Å². The van der Waals surface area contributed by atoms with Crippen LogP contribution < -0.4 is 5.32 Å². The number of rotatable bonds is 5. The summed E-state index contributed by atoms with van der Waals surface area (Å²) in [4.78, 5) is 14.0. The number of aryl methyl sites for hydroxylation is 1.